The number of benzene rings is 2. The van der Waals surface area contributed by atoms with E-state index in [4.69, 9.17) is 0 Å². The Morgan fingerprint density at radius 3 is 2.56 bits per heavy atom. The zero-order valence-corrected chi connectivity index (χ0v) is 21.3. The molecule has 0 aromatic heterocycles. The largest absolute Gasteiger partial charge is 0.335 e. The van der Waals surface area contributed by atoms with E-state index in [1.165, 1.54) is 63.7 Å². The first-order valence-electron chi connectivity index (χ1n) is 11.6. The van der Waals surface area contributed by atoms with Crippen LogP contribution >= 0.6 is 23.5 Å². The van der Waals surface area contributed by atoms with Gasteiger partial charge in [0.05, 0.1) is 10.7 Å². The summed E-state index contributed by atoms with van der Waals surface area (Å²) in [5.74, 6) is 0. The van der Waals surface area contributed by atoms with Gasteiger partial charge in [-0.15, -0.1) is 0 Å². The molecule has 0 saturated heterocycles. The normalized spacial score (nSPS) is 15.0. The Hall–Kier alpha value is -2.10. The first kappa shape index (κ1) is 24.5. The fourth-order valence-electron chi connectivity index (χ4n) is 3.61. The molecule has 1 aliphatic heterocycles. The minimum absolute atomic E-state index is 1.05. The number of aryl methyl sites for hydroxylation is 1. The molecule has 0 aliphatic carbocycles. The van der Waals surface area contributed by atoms with Crippen molar-refractivity contribution in [3.63, 3.8) is 0 Å². The maximum absolute atomic E-state index is 4.22. The summed E-state index contributed by atoms with van der Waals surface area (Å²) >= 11 is 3.60. The molecule has 0 spiro atoms. The van der Waals surface area contributed by atoms with Crippen molar-refractivity contribution < 1.29 is 0 Å². The van der Waals surface area contributed by atoms with Crippen LogP contribution in [0.3, 0.4) is 0 Å². The third-order valence-electron chi connectivity index (χ3n) is 5.48. The van der Waals surface area contributed by atoms with E-state index in [2.05, 4.69) is 105 Å². The van der Waals surface area contributed by atoms with Crippen LogP contribution in [0, 0.1) is 6.92 Å². The highest BCUT2D eigenvalue weighted by atomic mass is 32.2. The molecule has 0 fully saturated rings. The average Bonchev–Trinajstić information content (AvgIpc) is 3.15. The second-order valence-corrected chi connectivity index (χ2v) is 10.4. The van der Waals surface area contributed by atoms with Crippen molar-refractivity contribution in [2.45, 2.75) is 62.7 Å². The van der Waals surface area contributed by atoms with Crippen LogP contribution in [0.25, 0.3) is 0 Å². The maximum atomic E-state index is 4.22. The molecular formula is C29H35NS2. The van der Waals surface area contributed by atoms with Crippen LogP contribution in [0.5, 0.6) is 0 Å². The van der Waals surface area contributed by atoms with Gasteiger partial charge >= 0.3 is 0 Å². The van der Waals surface area contributed by atoms with E-state index in [1.54, 1.807) is 11.8 Å². The molecule has 168 valence electrons. The van der Waals surface area contributed by atoms with Gasteiger partial charge in [-0.2, -0.15) is 0 Å². The number of thioether (sulfide) groups is 2. The van der Waals surface area contributed by atoms with E-state index < -0.39 is 0 Å². The summed E-state index contributed by atoms with van der Waals surface area (Å²) in [4.78, 5) is 6.17. The van der Waals surface area contributed by atoms with Crippen LogP contribution in [0.15, 0.2) is 105 Å². The summed E-state index contributed by atoms with van der Waals surface area (Å²) in [7, 11) is 0. The van der Waals surface area contributed by atoms with Crippen LogP contribution in [0.2, 0.25) is 0 Å². The molecule has 0 radical (unpaired) electrons. The summed E-state index contributed by atoms with van der Waals surface area (Å²) < 4.78 is 0. The molecule has 1 heterocycles. The quantitative estimate of drug-likeness (QED) is 0.186. The molecule has 0 saturated carbocycles. The third-order valence-corrected chi connectivity index (χ3v) is 7.68. The molecule has 0 atom stereocenters. The van der Waals surface area contributed by atoms with Gasteiger partial charge in [0.1, 0.15) is 0 Å². The van der Waals surface area contributed by atoms with Crippen molar-refractivity contribution >= 4 is 29.2 Å². The molecule has 2 aromatic carbocycles. The summed E-state index contributed by atoms with van der Waals surface area (Å²) in [6, 6.07) is 17.2. The first-order valence-corrected chi connectivity index (χ1v) is 13.2. The van der Waals surface area contributed by atoms with Crippen LogP contribution in [0.4, 0.5) is 5.69 Å². The number of fused-ring (bicyclic) bond motifs is 1. The second kappa shape index (κ2) is 12.8. The predicted molar refractivity (Wildman–Crippen MR) is 146 cm³/mol. The average molecular weight is 462 g/mol. The number of hydrogen-bond acceptors (Lipinski definition) is 3. The fraction of sp³-hybridized carbons (Fsp3) is 0.310. The zero-order valence-electron chi connectivity index (χ0n) is 19.6. The number of hydrogen-bond donors (Lipinski definition) is 0. The summed E-state index contributed by atoms with van der Waals surface area (Å²) in [5.41, 5.74) is 3.86. The third kappa shape index (κ3) is 7.21. The Morgan fingerprint density at radius 1 is 1.00 bits per heavy atom. The van der Waals surface area contributed by atoms with Crippen LogP contribution < -0.4 is 4.90 Å². The molecule has 0 amide bonds. The minimum atomic E-state index is 1.05. The molecule has 3 heteroatoms. The van der Waals surface area contributed by atoms with Crippen molar-refractivity contribution in [2.75, 3.05) is 11.4 Å². The van der Waals surface area contributed by atoms with E-state index in [0.717, 1.165) is 11.4 Å². The summed E-state index contributed by atoms with van der Waals surface area (Å²) in [6.45, 7) is 11.9. The van der Waals surface area contributed by atoms with Gasteiger partial charge in [-0.05, 0) is 56.2 Å². The number of para-hydroxylation sites is 1. The zero-order chi connectivity index (χ0) is 22.8. The van der Waals surface area contributed by atoms with Crippen molar-refractivity contribution in [2.24, 2.45) is 0 Å². The van der Waals surface area contributed by atoms with Gasteiger partial charge < -0.3 is 4.90 Å². The summed E-state index contributed by atoms with van der Waals surface area (Å²) in [6.07, 6.45) is 15.3. The van der Waals surface area contributed by atoms with Gasteiger partial charge in [0, 0.05) is 21.2 Å². The first-order chi connectivity index (χ1) is 15.6. The lowest BCUT2D eigenvalue weighted by atomic mass is 10.1. The number of rotatable bonds is 11. The molecule has 1 aliphatic rings. The lowest BCUT2D eigenvalue weighted by Gasteiger charge is -2.20. The molecular weight excluding hydrogens is 426 g/mol. The Bertz CT molecular complexity index is 1000. The Kier molecular flexibility index (Phi) is 9.83. The highest BCUT2D eigenvalue weighted by Crippen LogP contribution is 2.45. The van der Waals surface area contributed by atoms with Crippen molar-refractivity contribution in [1.82, 2.24) is 0 Å². The van der Waals surface area contributed by atoms with E-state index in [1.807, 2.05) is 11.8 Å². The standard InChI is InChI=1S/C29H35NS2/c1-5-6-7-8-13-22-30-26-15-10-12-17-28(26)32-29(30)21-19-23(2)18-20-25(4)31-27-16-11-9-14-24(27)3/h9-12,14-21H,4-8,13,22H2,1-3H3/b20-18+,23-19+,29-21+. The Morgan fingerprint density at radius 2 is 1.75 bits per heavy atom. The highest BCUT2D eigenvalue weighted by molar-refractivity contribution is 8.03. The lowest BCUT2D eigenvalue weighted by molar-refractivity contribution is 0.632. The Balaban J connectivity index is 1.63. The van der Waals surface area contributed by atoms with E-state index in [0.29, 0.717) is 0 Å². The number of allylic oxidation sites excluding steroid dienone is 5. The Labute approximate surface area is 203 Å². The van der Waals surface area contributed by atoms with Gasteiger partial charge in [0.15, 0.2) is 0 Å². The SMILES string of the molecule is C=C(/C=C/C(C)=C/C=C1/Sc2ccccc2N1CCCCCCC)Sc1ccccc1C. The topological polar surface area (TPSA) is 3.24 Å². The van der Waals surface area contributed by atoms with E-state index >= 15 is 0 Å². The monoisotopic (exact) mass is 461 g/mol. The van der Waals surface area contributed by atoms with E-state index in [-0.39, 0.29) is 0 Å². The molecule has 0 unspecified atom stereocenters. The smallest absolute Gasteiger partial charge is 0.0801 e. The molecule has 3 rings (SSSR count). The number of nitrogens with zero attached hydrogens (tertiary/aromatic N) is 1. The van der Waals surface area contributed by atoms with Crippen molar-refractivity contribution in [3.05, 3.63) is 100 Å². The van der Waals surface area contributed by atoms with Gasteiger partial charge in [-0.3, -0.25) is 0 Å². The van der Waals surface area contributed by atoms with Crippen LogP contribution in [-0.2, 0) is 0 Å². The maximum Gasteiger partial charge on any atom is 0.0801 e. The van der Waals surface area contributed by atoms with Crippen LogP contribution in [-0.4, -0.2) is 6.54 Å². The predicted octanol–water partition coefficient (Wildman–Crippen LogP) is 9.53. The van der Waals surface area contributed by atoms with Gasteiger partial charge in [-0.25, -0.2) is 0 Å². The van der Waals surface area contributed by atoms with Crippen LogP contribution in [0.1, 0.15) is 51.5 Å². The lowest BCUT2D eigenvalue weighted by Crippen LogP contribution is -2.18. The molecule has 1 nitrogen and oxygen atoms in total. The molecule has 32 heavy (non-hydrogen) atoms. The van der Waals surface area contributed by atoms with Crippen molar-refractivity contribution in [1.29, 1.82) is 0 Å². The fourth-order valence-corrected chi connectivity index (χ4v) is 5.49. The molecule has 0 N–H and O–H groups in total. The summed E-state index contributed by atoms with van der Waals surface area (Å²) in [5, 5.41) is 1.32. The van der Waals surface area contributed by atoms with E-state index in [9.17, 15) is 0 Å². The molecule has 2 aromatic rings. The second-order valence-electron chi connectivity index (χ2n) is 8.22. The highest BCUT2D eigenvalue weighted by Gasteiger charge is 2.23. The van der Waals surface area contributed by atoms with Gasteiger partial charge in [-0.1, -0.05) is 111 Å². The van der Waals surface area contributed by atoms with Crippen molar-refractivity contribution in [3.8, 4) is 0 Å². The van der Waals surface area contributed by atoms with Gasteiger partial charge in [0.25, 0.3) is 0 Å². The number of anilines is 1. The molecule has 0 bridgehead atoms. The number of unbranched alkanes of at least 4 members (excludes halogenated alkanes) is 4. The van der Waals surface area contributed by atoms with Gasteiger partial charge in [0.2, 0.25) is 0 Å². The minimum Gasteiger partial charge on any atom is -0.335 e.